The van der Waals surface area contributed by atoms with E-state index in [4.69, 9.17) is 9.84 Å². The van der Waals surface area contributed by atoms with Crippen molar-refractivity contribution in [3.63, 3.8) is 0 Å². The molecule has 0 amide bonds. The maximum atomic E-state index is 12.6. The topological polar surface area (TPSA) is 59.4 Å². The summed E-state index contributed by atoms with van der Waals surface area (Å²) in [6.07, 6.45) is -3.58. The van der Waals surface area contributed by atoms with Crippen molar-refractivity contribution in [2.45, 2.75) is 24.9 Å². The number of aromatic nitrogens is 1. The van der Waals surface area contributed by atoms with Gasteiger partial charge in [0.1, 0.15) is 4.88 Å². The molecule has 1 aromatic heterocycles. The lowest BCUT2D eigenvalue weighted by Gasteiger charge is -2.19. The Labute approximate surface area is 104 Å². The second kappa shape index (κ2) is 4.85. The average Bonchev–Trinajstić information content (AvgIpc) is 2.74. The maximum Gasteiger partial charge on any atom is 0.435 e. The van der Waals surface area contributed by atoms with Crippen LogP contribution in [0.5, 0.6) is 0 Å². The monoisotopic (exact) mass is 281 g/mol. The molecule has 4 nitrogen and oxygen atoms in total. The fraction of sp³-hybridized carbons (Fsp3) is 0.600. The Morgan fingerprint density at radius 2 is 2.00 bits per heavy atom. The molecule has 1 aliphatic rings. The van der Waals surface area contributed by atoms with E-state index < -0.39 is 22.7 Å². The third kappa shape index (κ3) is 2.64. The number of halogens is 3. The van der Waals surface area contributed by atoms with Gasteiger partial charge in [0, 0.05) is 19.1 Å². The Hall–Kier alpha value is -1.15. The molecule has 0 spiro atoms. The fourth-order valence-electron chi connectivity index (χ4n) is 1.79. The zero-order valence-corrected chi connectivity index (χ0v) is 9.98. The zero-order valence-electron chi connectivity index (χ0n) is 9.16. The molecule has 0 saturated carbocycles. The number of carboxylic acids is 1. The van der Waals surface area contributed by atoms with Gasteiger partial charge in [-0.3, -0.25) is 0 Å². The number of hydrogen-bond donors (Lipinski definition) is 1. The number of rotatable bonds is 2. The Bertz CT molecular complexity index is 452. The maximum absolute atomic E-state index is 12.6. The van der Waals surface area contributed by atoms with Gasteiger partial charge in [0.25, 0.3) is 0 Å². The molecule has 18 heavy (non-hydrogen) atoms. The summed E-state index contributed by atoms with van der Waals surface area (Å²) in [7, 11) is 0. The molecule has 100 valence electrons. The van der Waals surface area contributed by atoms with E-state index in [1.54, 1.807) is 0 Å². The highest BCUT2D eigenvalue weighted by Crippen LogP contribution is 2.38. The normalized spacial score (nSPS) is 17.9. The third-order valence-corrected chi connectivity index (χ3v) is 3.88. The summed E-state index contributed by atoms with van der Waals surface area (Å²) in [5.74, 6) is -1.73. The molecule has 0 unspecified atom stereocenters. The first-order valence-electron chi connectivity index (χ1n) is 5.28. The molecule has 1 saturated heterocycles. The van der Waals surface area contributed by atoms with Crippen molar-refractivity contribution in [1.82, 2.24) is 4.98 Å². The van der Waals surface area contributed by atoms with Crippen molar-refractivity contribution in [1.29, 1.82) is 0 Å². The number of ether oxygens (including phenoxy) is 1. The minimum Gasteiger partial charge on any atom is -0.477 e. The number of carbonyl (C=O) groups is 1. The molecule has 0 atom stereocenters. The van der Waals surface area contributed by atoms with Crippen molar-refractivity contribution in [3.05, 3.63) is 15.6 Å². The molecule has 0 bridgehead atoms. The first kappa shape index (κ1) is 13.3. The van der Waals surface area contributed by atoms with Gasteiger partial charge in [-0.25, -0.2) is 9.78 Å². The minimum atomic E-state index is -4.73. The number of alkyl halides is 3. The van der Waals surface area contributed by atoms with Crippen LogP contribution in [-0.2, 0) is 10.9 Å². The van der Waals surface area contributed by atoms with Crippen molar-refractivity contribution < 1.29 is 27.8 Å². The summed E-state index contributed by atoms with van der Waals surface area (Å²) in [6.45, 7) is 0.933. The number of nitrogens with zero attached hydrogens (tertiary/aromatic N) is 1. The van der Waals surface area contributed by atoms with Crippen LogP contribution in [0.1, 0.15) is 39.1 Å². The van der Waals surface area contributed by atoms with Gasteiger partial charge in [-0.2, -0.15) is 13.2 Å². The largest absolute Gasteiger partial charge is 0.477 e. The standard InChI is InChI=1S/C10H10F3NO3S/c11-10(12,13)7-6(9(15)16)18-8(14-7)5-1-3-17-4-2-5/h5H,1-4H2,(H,15,16). The molecule has 0 aliphatic carbocycles. The predicted molar refractivity (Wildman–Crippen MR) is 56.9 cm³/mol. The van der Waals surface area contributed by atoms with Crippen LogP contribution in [0.3, 0.4) is 0 Å². The Morgan fingerprint density at radius 3 is 2.44 bits per heavy atom. The third-order valence-electron chi connectivity index (χ3n) is 2.68. The van der Waals surface area contributed by atoms with Crippen LogP contribution in [0.4, 0.5) is 13.2 Å². The molecule has 8 heteroatoms. The second-order valence-electron chi connectivity index (χ2n) is 3.92. The fourth-order valence-corrected chi connectivity index (χ4v) is 2.89. The van der Waals surface area contributed by atoms with Crippen molar-refractivity contribution >= 4 is 17.3 Å². The van der Waals surface area contributed by atoms with Crippen LogP contribution in [-0.4, -0.2) is 29.3 Å². The SMILES string of the molecule is O=C(O)c1sc(C2CCOCC2)nc1C(F)(F)F. The Balaban J connectivity index is 2.35. The van der Waals surface area contributed by atoms with Crippen molar-refractivity contribution in [2.24, 2.45) is 0 Å². The summed E-state index contributed by atoms with van der Waals surface area (Å²) < 4.78 is 43.0. The highest BCUT2D eigenvalue weighted by molar-refractivity contribution is 7.13. The number of carboxylic acid groups (broad SMARTS) is 1. The second-order valence-corrected chi connectivity index (χ2v) is 4.95. The first-order valence-corrected chi connectivity index (χ1v) is 6.10. The lowest BCUT2D eigenvalue weighted by atomic mass is 10.0. The zero-order chi connectivity index (χ0) is 13.3. The average molecular weight is 281 g/mol. The van der Waals surface area contributed by atoms with Crippen LogP contribution >= 0.6 is 11.3 Å². The van der Waals surface area contributed by atoms with Crippen molar-refractivity contribution in [3.8, 4) is 0 Å². The van der Waals surface area contributed by atoms with Crippen LogP contribution in [0.25, 0.3) is 0 Å². The molecule has 1 fully saturated rings. The van der Waals surface area contributed by atoms with Gasteiger partial charge in [0.2, 0.25) is 0 Å². The molecule has 2 heterocycles. The number of thiazole rings is 1. The van der Waals surface area contributed by atoms with Crippen molar-refractivity contribution in [2.75, 3.05) is 13.2 Å². The van der Waals surface area contributed by atoms with E-state index in [1.165, 1.54) is 0 Å². The highest BCUT2D eigenvalue weighted by atomic mass is 32.1. The van der Waals surface area contributed by atoms with Crippen LogP contribution in [0, 0.1) is 0 Å². The van der Waals surface area contributed by atoms with E-state index >= 15 is 0 Å². The molecule has 1 aliphatic heterocycles. The summed E-state index contributed by atoms with van der Waals surface area (Å²) >= 11 is 0.615. The quantitative estimate of drug-likeness (QED) is 0.905. The van der Waals surface area contributed by atoms with Gasteiger partial charge in [-0.05, 0) is 12.8 Å². The Kier molecular flexibility index (Phi) is 3.58. The van der Waals surface area contributed by atoms with Gasteiger partial charge in [0.15, 0.2) is 5.69 Å². The first-order chi connectivity index (χ1) is 8.39. The molecule has 2 rings (SSSR count). The lowest BCUT2D eigenvalue weighted by molar-refractivity contribution is -0.141. The highest BCUT2D eigenvalue weighted by Gasteiger charge is 2.40. The van der Waals surface area contributed by atoms with Gasteiger partial charge in [-0.1, -0.05) is 0 Å². The van der Waals surface area contributed by atoms with E-state index in [2.05, 4.69) is 4.98 Å². The van der Waals surface area contributed by atoms with E-state index in [0.29, 0.717) is 37.4 Å². The molecule has 0 radical (unpaired) electrons. The van der Waals surface area contributed by atoms with Gasteiger partial charge in [0.05, 0.1) is 5.01 Å². The lowest BCUT2D eigenvalue weighted by Crippen LogP contribution is -2.15. The number of hydrogen-bond acceptors (Lipinski definition) is 4. The van der Waals surface area contributed by atoms with E-state index in [0.717, 1.165) is 0 Å². The summed E-state index contributed by atoms with van der Waals surface area (Å²) in [4.78, 5) is 13.6. The summed E-state index contributed by atoms with van der Waals surface area (Å²) in [5.41, 5.74) is -1.29. The smallest absolute Gasteiger partial charge is 0.435 e. The van der Waals surface area contributed by atoms with Gasteiger partial charge >= 0.3 is 12.1 Å². The van der Waals surface area contributed by atoms with E-state index in [-0.39, 0.29) is 10.9 Å². The van der Waals surface area contributed by atoms with E-state index in [1.807, 2.05) is 0 Å². The number of aromatic carboxylic acids is 1. The molecule has 1 N–H and O–H groups in total. The van der Waals surface area contributed by atoms with Gasteiger partial charge in [-0.15, -0.1) is 11.3 Å². The summed E-state index contributed by atoms with van der Waals surface area (Å²) in [5, 5.41) is 9.03. The van der Waals surface area contributed by atoms with E-state index in [9.17, 15) is 18.0 Å². The Morgan fingerprint density at radius 1 is 1.39 bits per heavy atom. The minimum absolute atomic E-state index is 0.141. The van der Waals surface area contributed by atoms with Crippen LogP contribution < -0.4 is 0 Å². The van der Waals surface area contributed by atoms with Crippen LogP contribution in [0.15, 0.2) is 0 Å². The van der Waals surface area contributed by atoms with Gasteiger partial charge < -0.3 is 9.84 Å². The molecular weight excluding hydrogens is 271 g/mol. The molecule has 1 aromatic rings. The van der Waals surface area contributed by atoms with Crippen LogP contribution in [0.2, 0.25) is 0 Å². The predicted octanol–water partition coefficient (Wildman–Crippen LogP) is 2.75. The summed E-state index contributed by atoms with van der Waals surface area (Å²) in [6, 6.07) is 0. The molecular formula is C10H10F3NO3S. The molecule has 0 aromatic carbocycles.